The summed E-state index contributed by atoms with van der Waals surface area (Å²) in [6.07, 6.45) is 5.01. The van der Waals surface area contributed by atoms with Crippen LogP contribution in [0.3, 0.4) is 0 Å². The zero-order valence-corrected chi connectivity index (χ0v) is 13.8. The van der Waals surface area contributed by atoms with Crippen LogP contribution >= 0.6 is 0 Å². The molecule has 1 aromatic carbocycles. The van der Waals surface area contributed by atoms with E-state index in [1.54, 1.807) is 16.4 Å². The molecule has 1 heterocycles. The summed E-state index contributed by atoms with van der Waals surface area (Å²) in [5.41, 5.74) is 7.14. The van der Waals surface area contributed by atoms with E-state index < -0.39 is 10.0 Å². The average Bonchev–Trinajstić information content (AvgIpc) is 2.48. The summed E-state index contributed by atoms with van der Waals surface area (Å²) in [5.74, 6) is 0.674. The summed E-state index contributed by atoms with van der Waals surface area (Å²) in [7, 11) is -3.41. The lowest BCUT2D eigenvalue weighted by Crippen LogP contribution is -2.38. The van der Waals surface area contributed by atoms with Crippen LogP contribution in [-0.4, -0.2) is 25.8 Å². The van der Waals surface area contributed by atoms with Crippen molar-refractivity contribution in [2.45, 2.75) is 50.8 Å². The van der Waals surface area contributed by atoms with E-state index in [9.17, 15) is 8.42 Å². The van der Waals surface area contributed by atoms with Crippen LogP contribution in [0.15, 0.2) is 23.1 Å². The molecular formula is C16H26N2O2S. The number of piperidine rings is 1. The average molecular weight is 310 g/mol. The number of benzene rings is 1. The van der Waals surface area contributed by atoms with Gasteiger partial charge in [-0.15, -0.1) is 0 Å². The van der Waals surface area contributed by atoms with Crippen molar-refractivity contribution in [3.05, 3.63) is 23.8 Å². The first kappa shape index (κ1) is 16.3. The third kappa shape index (κ3) is 3.58. The zero-order valence-electron chi connectivity index (χ0n) is 13.0. The molecule has 0 bridgehead atoms. The molecule has 21 heavy (non-hydrogen) atoms. The fraction of sp³-hybridized carbons (Fsp3) is 0.625. The third-order valence-electron chi connectivity index (χ3n) is 4.36. The molecule has 0 spiro atoms. The van der Waals surface area contributed by atoms with Crippen molar-refractivity contribution in [1.82, 2.24) is 4.31 Å². The predicted octanol–water partition coefficient (Wildman–Crippen LogP) is 3.03. The molecule has 1 aromatic rings. The molecule has 2 N–H and O–H groups in total. The van der Waals surface area contributed by atoms with Crippen LogP contribution in [0.25, 0.3) is 0 Å². The van der Waals surface area contributed by atoms with Gasteiger partial charge in [0.15, 0.2) is 0 Å². The van der Waals surface area contributed by atoms with Gasteiger partial charge >= 0.3 is 0 Å². The minimum absolute atomic E-state index is 0.388. The van der Waals surface area contributed by atoms with Crippen molar-refractivity contribution in [3.63, 3.8) is 0 Å². The number of rotatable bonds is 5. The molecule has 0 amide bonds. The molecule has 4 nitrogen and oxygen atoms in total. The standard InChI is InChI=1S/C16H26N2O2S/c1-3-5-13-8-10-18(11-9-13)21(19,20)16-12-15(17)7-6-14(16)4-2/h6-7,12-13H,3-5,8-11,17H2,1-2H3. The van der Waals surface area contributed by atoms with Gasteiger partial charge in [-0.05, 0) is 42.9 Å². The second-order valence-corrected chi connectivity index (χ2v) is 7.76. The van der Waals surface area contributed by atoms with Gasteiger partial charge < -0.3 is 5.73 Å². The molecule has 5 heteroatoms. The molecule has 0 saturated carbocycles. The number of sulfonamides is 1. The Morgan fingerprint density at radius 1 is 1.24 bits per heavy atom. The largest absolute Gasteiger partial charge is 0.399 e. The van der Waals surface area contributed by atoms with Crippen molar-refractivity contribution in [3.8, 4) is 0 Å². The number of hydrogen-bond donors (Lipinski definition) is 1. The molecule has 0 unspecified atom stereocenters. The molecule has 0 aromatic heterocycles. The molecule has 1 aliphatic rings. The first-order chi connectivity index (χ1) is 9.98. The number of anilines is 1. The topological polar surface area (TPSA) is 63.4 Å². The fourth-order valence-corrected chi connectivity index (χ4v) is 4.89. The van der Waals surface area contributed by atoms with Gasteiger partial charge in [0, 0.05) is 18.8 Å². The Kier molecular flexibility index (Phi) is 5.27. The van der Waals surface area contributed by atoms with Crippen molar-refractivity contribution < 1.29 is 8.42 Å². The number of nitrogens with two attached hydrogens (primary N) is 1. The van der Waals surface area contributed by atoms with Crippen LogP contribution in [0.4, 0.5) is 5.69 Å². The normalized spacial score (nSPS) is 18.0. The molecule has 1 saturated heterocycles. The van der Waals surface area contributed by atoms with Crippen molar-refractivity contribution in [2.75, 3.05) is 18.8 Å². The first-order valence-electron chi connectivity index (χ1n) is 7.87. The van der Waals surface area contributed by atoms with Crippen molar-refractivity contribution in [2.24, 2.45) is 5.92 Å². The van der Waals surface area contributed by atoms with E-state index >= 15 is 0 Å². The Bertz CT molecular complexity index is 576. The van der Waals surface area contributed by atoms with Gasteiger partial charge in [-0.3, -0.25) is 0 Å². The van der Waals surface area contributed by atoms with Crippen LogP contribution in [0.1, 0.15) is 45.1 Å². The molecule has 1 fully saturated rings. The maximum absolute atomic E-state index is 12.9. The lowest BCUT2D eigenvalue weighted by Gasteiger charge is -2.31. The predicted molar refractivity (Wildman–Crippen MR) is 86.6 cm³/mol. The number of nitrogens with zero attached hydrogens (tertiary/aromatic N) is 1. The highest BCUT2D eigenvalue weighted by atomic mass is 32.2. The number of nitrogen functional groups attached to an aromatic ring is 1. The minimum Gasteiger partial charge on any atom is -0.399 e. The lowest BCUT2D eigenvalue weighted by molar-refractivity contribution is 0.262. The number of aryl methyl sites for hydroxylation is 1. The van der Waals surface area contributed by atoms with Gasteiger partial charge in [0.1, 0.15) is 0 Å². The summed E-state index contributed by atoms with van der Waals surface area (Å²) in [6.45, 7) is 5.41. The van der Waals surface area contributed by atoms with E-state index in [1.807, 2.05) is 13.0 Å². The van der Waals surface area contributed by atoms with Gasteiger partial charge in [0.25, 0.3) is 0 Å². The van der Waals surface area contributed by atoms with Crippen LogP contribution in [-0.2, 0) is 16.4 Å². The van der Waals surface area contributed by atoms with E-state index in [-0.39, 0.29) is 0 Å². The van der Waals surface area contributed by atoms with Gasteiger partial charge in [0.2, 0.25) is 10.0 Å². The highest BCUT2D eigenvalue weighted by Crippen LogP contribution is 2.29. The Morgan fingerprint density at radius 2 is 1.90 bits per heavy atom. The molecule has 1 aliphatic heterocycles. The van der Waals surface area contributed by atoms with E-state index in [4.69, 9.17) is 5.73 Å². The summed E-state index contributed by atoms with van der Waals surface area (Å²) in [5, 5.41) is 0. The van der Waals surface area contributed by atoms with Gasteiger partial charge in [-0.2, -0.15) is 4.31 Å². The van der Waals surface area contributed by atoms with E-state index in [0.29, 0.717) is 36.0 Å². The van der Waals surface area contributed by atoms with Gasteiger partial charge in [0.05, 0.1) is 4.90 Å². The van der Waals surface area contributed by atoms with Crippen LogP contribution in [0.5, 0.6) is 0 Å². The Morgan fingerprint density at radius 3 is 2.48 bits per heavy atom. The smallest absolute Gasteiger partial charge is 0.243 e. The highest BCUT2D eigenvalue weighted by Gasteiger charge is 2.30. The molecule has 0 radical (unpaired) electrons. The summed E-state index contributed by atoms with van der Waals surface area (Å²) in [4.78, 5) is 0.388. The summed E-state index contributed by atoms with van der Waals surface area (Å²) < 4.78 is 27.3. The Labute approximate surface area is 128 Å². The molecule has 2 rings (SSSR count). The maximum Gasteiger partial charge on any atom is 0.243 e. The molecular weight excluding hydrogens is 284 g/mol. The van der Waals surface area contributed by atoms with E-state index in [2.05, 4.69) is 6.92 Å². The summed E-state index contributed by atoms with van der Waals surface area (Å²) in [6, 6.07) is 5.20. The second kappa shape index (κ2) is 6.79. The third-order valence-corrected chi connectivity index (χ3v) is 6.34. The number of hydrogen-bond acceptors (Lipinski definition) is 3. The molecule has 0 atom stereocenters. The second-order valence-electron chi connectivity index (χ2n) is 5.86. The minimum atomic E-state index is -3.41. The van der Waals surface area contributed by atoms with Crippen LogP contribution < -0.4 is 5.73 Å². The van der Waals surface area contributed by atoms with Gasteiger partial charge in [-0.25, -0.2) is 8.42 Å². The molecule has 118 valence electrons. The van der Waals surface area contributed by atoms with Crippen molar-refractivity contribution in [1.29, 1.82) is 0 Å². The fourth-order valence-electron chi connectivity index (χ4n) is 3.09. The monoisotopic (exact) mass is 310 g/mol. The lowest BCUT2D eigenvalue weighted by atomic mass is 9.94. The quantitative estimate of drug-likeness (QED) is 0.850. The Hall–Kier alpha value is -1.07. The van der Waals surface area contributed by atoms with Crippen LogP contribution in [0, 0.1) is 5.92 Å². The van der Waals surface area contributed by atoms with Gasteiger partial charge in [-0.1, -0.05) is 32.8 Å². The molecule has 0 aliphatic carbocycles. The SMILES string of the molecule is CCCC1CCN(S(=O)(=O)c2cc(N)ccc2CC)CC1. The van der Waals surface area contributed by atoms with E-state index in [1.165, 1.54) is 12.8 Å². The maximum atomic E-state index is 12.9. The highest BCUT2D eigenvalue weighted by molar-refractivity contribution is 7.89. The first-order valence-corrected chi connectivity index (χ1v) is 9.31. The Balaban J connectivity index is 2.21. The van der Waals surface area contributed by atoms with E-state index in [0.717, 1.165) is 18.4 Å². The van der Waals surface area contributed by atoms with Crippen LogP contribution in [0.2, 0.25) is 0 Å². The van der Waals surface area contributed by atoms with Crippen molar-refractivity contribution >= 4 is 15.7 Å². The zero-order chi connectivity index (χ0) is 15.5. The summed E-state index contributed by atoms with van der Waals surface area (Å²) >= 11 is 0.